The normalized spacial score (nSPS) is 19.6. The molecule has 0 saturated carbocycles. The Morgan fingerprint density at radius 1 is 1.53 bits per heavy atom. The van der Waals surface area contributed by atoms with Crippen molar-refractivity contribution in [1.82, 2.24) is 0 Å². The first kappa shape index (κ1) is 11.7. The van der Waals surface area contributed by atoms with Crippen LogP contribution in [0.1, 0.15) is 23.7 Å². The summed E-state index contributed by atoms with van der Waals surface area (Å²) in [7, 11) is 0. The van der Waals surface area contributed by atoms with Crippen LogP contribution in [0.2, 0.25) is 0 Å². The maximum absolute atomic E-state index is 13.8. The smallest absolute Gasteiger partial charge is 0.250 e. The number of primary amides is 1. The van der Waals surface area contributed by atoms with Crippen molar-refractivity contribution in [2.24, 2.45) is 11.7 Å². The van der Waals surface area contributed by atoms with Crippen LogP contribution in [0.4, 0.5) is 15.8 Å². The van der Waals surface area contributed by atoms with Gasteiger partial charge in [0.25, 0.3) is 5.91 Å². The number of nitrogens with two attached hydrogens (primary N) is 2. The second-order valence-electron chi connectivity index (χ2n) is 4.59. The molecule has 0 spiro atoms. The van der Waals surface area contributed by atoms with Gasteiger partial charge in [0.05, 0.1) is 11.3 Å². The van der Waals surface area contributed by atoms with Gasteiger partial charge in [-0.15, -0.1) is 0 Å². The summed E-state index contributed by atoms with van der Waals surface area (Å²) in [5.41, 5.74) is 11.4. The highest BCUT2D eigenvalue weighted by Crippen LogP contribution is 2.29. The molecule has 2 rings (SSSR count). The third-order valence-corrected chi connectivity index (χ3v) is 3.15. The molecule has 0 bridgehead atoms. The Morgan fingerprint density at radius 2 is 2.24 bits per heavy atom. The number of carbonyl (C=O) groups excluding carboxylic acids is 1. The highest BCUT2D eigenvalue weighted by Gasteiger charge is 2.23. The van der Waals surface area contributed by atoms with Crippen molar-refractivity contribution in [2.75, 3.05) is 23.7 Å². The van der Waals surface area contributed by atoms with E-state index in [1.54, 1.807) is 0 Å². The number of halogens is 1. The van der Waals surface area contributed by atoms with Gasteiger partial charge in [0.2, 0.25) is 0 Å². The van der Waals surface area contributed by atoms with Gasteiger partial charge in [0.15, 0.2) is 0 Å². The minimum atomic E-state index is -0.629. The summed E-state index contributed by atoms with van der Waals surface area (Å²) in [5.74, 6) is -0.499. The Kier molecular flexibility index (Phi) is 2.92. The second-order valence-corrected chi connectivity index (χ2v) is 4.59. The second kappa shape index (κ2) is 4.24. The van der Waals surface area contributed by atoms with Gasteiger partial charge in [-0.05, 0) is 24.5 Å². The van der Waals surface area contributed by atoms with Crippen molar-refractivity contribution in [3.05, 3.63) is 23.5 Å². The van der Waals surface area contributed by atoms with Crippen molar-refractivity contribution >= 4 is 17.3 Å². The van der Waals surface area contributed by atoms with E-state index in [4.69, 9.17) is 11.5 Å². The van der Waals surface area contributed by atoms with Crippen LogP contribution in [-0.2, 0) is 0 Å². The zero-order valence-electron chi connectivity index (χ0n) is 9.74. The molecule has 1 saturated heterocycles. The van der Waals surface area contributed by atoms with Crippen LogP contribution in [0.3, 0.4) is 0 Å². The summed E-state index contributed by atoms with van der Waals surface area (Å²) < 4.78 is 13.8. The van der Waals surface area contributed by atoms with Crippen LogP contribution in [-0.4, -0.2) is 19.0 Å². The quantitative estimate of drug-likeness (QED) is 0.763. The lowest BCUT2D eigenvalue weighted by molar-refractivity contribution is 0.100. The third-order valence-electron chi connectivity index (χ3n) is 3.15. The molecule has 1 aromatic carbocycles. The fourth-order valence-electron chi connectivity index (χ4n) is 2.19. The summed E-state index contributed by atoms with van der Waals surface area (Å²) in [6, 6.07) is 2.61. The average Bonchev–Trinajstić information content (AvgIpc) is 2.64. The predicted molar refractivity (Wildman–Crippen MR) is 65.3 cm³/mol. The van der Waals surface area contributed by atoms with Crippen molar-refractivity contribution in [3.8, 4) is 0 Å². The number of benzene rings is 1. The molecular weight excluding hydrogens is 221 g/mol. The molecule has 17 heavy (non-hydrogen) atoms. The van der Waals surface area contributed by atoms with Crippen molar-refractivity contribution in [3.63, 3.8) is 0 Å². The van der Waals surface area contributed by atoms with E-state index < -0.39 is 11.7 Å². The number of rotatable bonds is 2. The van der Waals surface area contributed by atoms with Gasteiger partial charge in [0.1, 0.15) is 5.82 Å². The number of anilines is 2. The Bertz CT molecular complexity index is 461. The number of nitrogen functional groups attached to an aromatic ring is 1. The fourth-order valence-corrected chi connectivity index (χ4v) is 2.19. The number of amides is 1. The van der Waals surface area contributed by atoms with Gasteiger partial charge >= 0.3 is 0 Å². The number of nitrogens with zero attached hydrogens (tertiary/aromatic N) is 1. The van der Waals surface area contributed by atoms with Gasteiger partial charge in [0, 0.05) is 18.8 Å². The van der Waals surface area contributed by atoms with Crippen molar-refractivity contribution < 1.29 is 9.18 Å². The summed E-state index contributed by atoms with van der Waals surface area (Å²) in [5, 5.41) is 0. The average molecular weight is 237 g/mol. The zero-order chi connectivity index (χ0) is 12.6. The lowest BCUT2D eigenvalue weighted by Crippen LogP contribution is -2.22. The summed E-state index contributed by atoms with van der Waals surface area (Å²) in [4.78, 5) is 13.1. The van der Waals surface area contributed by atoms with E-state index in [0.29, 0.717) is 11.6 Å². The predicted octanol–water partition coefficient (Wildman–Crippen LogP) is 1.35. The SMILES string of the molecule is CC1CCN(c2cc(C(N)=O)c(N)cc2F)C1. The molecule has 92 valence electrons. The van der Waals surface area contributed by atoms with Gasteiger partial charge in [-0.1, -0.05) is 6.92 Å². The minimum Gasteiger partial charge on any atom is -0.398 e. The van der Waals surface area contributed by atoms with Crippen LogP contribution in [0.25, 0.3) is 0 Å². The monoisotopic (exact) mass is 237 g/mol. The molecule has 4 N–H and O–H groups in total. The lowest BCUT2D eigenvalue weighted by atomic mass is 10.1. The van der Waals surface area contributed by atoms with E-state index in [2.05, 4.69) is 6.92 Å². The largest absolute Gasteiger partial charge is 0.398 e. The Hall–Kier alpha value is -1.78. The van der Waals surface area contributed by atoms with Gasteiger partial charge in [-0.25, -0.2) is 4.39 Å². The van der Waals surface area contributed by atoms with Crippen LogP contribution < -0.4 is 16.4 Å². The lowest BCUT2D eigenvalue weighted by Gasteiger charge is -2.20. The molecule has 0 aliphatic carbocycles. The molecule has 1 aliphatic rings. The molecule has 1 atom stereocenters. The summed E-state index contributed by atoms with van der Waals surface area (Å²) >= 11 is 0. The summed E-state index contributed by atoms with van der Waals surface area (Å²) in [6.07, 6.45) is 1.02. The highest BCUT2D eigenvalue weighted by atomic mass is 19.1. The number of hydrogen-bond donors (Lipinski definition) is 2. The topological polar surface area (TPSA) is 72.3 Å². The molecule has 1 unspecified atom stereocenters. The first-order valence-electron chi connectivity index (χ1n) is 5.63. The molecule has 1 fully saturated rings. The van der Waals surface area contributed by atoms with Gasteiger partial charge in [-0.2, -0.15) is 0 Å². The Labute approximate surface area is 99.4 Å². The van der Waals surface area contributed by atoms with Crippen molar-refractivity contribution in [1.29, 1.82) is 0 Å². The van der Waals surface area contributed by atoms with Gasteiger partial charge in [-0.3, -0.25) is 4.79 Å². The van der Waals surface area contributed by atoms with E-state index in [-0.39, 0.29) is 11.3 Å². The maximum Gasteiger partial charge on any atom is 0.250 e. The van der Waals surface area contributed by atoms with Crippen LogP contribution in [0.15, 0.2) is 12.1 Å². The van der Waals surface area contributed by atoms with Crippen LogP contribution in [0, 0.1) is 11.7 Å². The first-order valence-corrected chi connectivity index (χ1v) is 5.63. The zero-order valence-corrected chi connectivity index (χ0v) is 9.74. The first-order chi connectivity index (χ1) is 7.99. The van der Waals surface area contributed by atoms with Crippen molar-refractivity contribution in [2.45, 2.75) is 13.3 Å². The minimum absolute atomic E-state index is 0.0889. The molecule has 1 heterocycles. The number of carbonyl (C=O) groups is 1. The summed E-state index contributed by atoms with van der Waals surface area (Å²) in [6.45, 7) is 3.70. The molecule has 1 amide bonds. The molecule has 1 aromatic rings. The van der Waals surface area contributed by atoms with Gasteiger partial charge < -0.3 is 16.4 Å². The van der Waals surface area contributed by atoms with E-state index in [1.807, 2.05) is 4.90 Å². The Morgan fingerprint density at radius 3 is 2.76 bits per heavy atom. The number of hydrogen-bond acceptors (Lipinski definition) is 3. The molecule has 0 aromatic heterocycles. The standard InChI is InChI=1S/C12H16FN3O/c1-7-2-3-16(6-7)11-4-8(12(15)17)10(14)5-9(11)13/h4-5,7H,2-3,6,14H2,1H3,(H2,15,17). The van der Waals surface area contributed by atoms with E-state index in [9.17, 15) is 9.18 Å². The third kappa shape index (κ3) is 2.18. The fraction of sp³-hybridized carbons (Fsp3) is 0.417. The van der Waals surface area contributed by atoms with E-state index in [0.717, 1.165) is 19.5 Å². The maximum atomic E-state index is 13.8. The van der Waals surface area contributed by atoms with E-state index in [1.165, 1.54) is 12.1 Å². The highest BCUT2D eigenvalue weighted by molar-refractivity contribution is 5.99. The molecule has 0 radical (unpaired) electrons. The Balaban J connectivity index is 2.40. The molecule has 5 heteroatoms. The molecule has 4 nitrogen and oxygen atoms in total. The van der Waals surface area contributed by atoms with E-state index >= 15 is 0 Å². The molecular formula is C12H16FN3O. The van der Waals surface area contributed by atoms with Crippen LogP contribution in [0.5, 0.6) is 0 Å². The molecule has 1 aliphatic heterocycles. The van der Waals surface area contributed by atoms with Crippen LogP contribution >= 0.6 is 0 Å².